The lowest BCUT2D eigenvalue weighted by atomic mass is 10.1. The largest absolute Gasteiger partial charge is 0.387 e. The molecule has 1 aliphatic heterocycles. The maximum absolute atomic E-state index is 10.4. The maximum Gasteiger partial charge on any atom is 0.167 e. The summed E-state index contributed by atoms with van der Waals surface area (Å²) in [6.07, 6.45) is 2.90. The molecular weight excluding hydrogens is 332 g/mol. The number of aliphatic hydroxyl groups excluding tert-OH is 2. The van der Waals surface area contributed by atoms with Crippen molar-refractivity contribution in [3.63, 3.8) is 0 Å². The molecule has 1 unspecified atom stereocenters. The van der Waals surface area contributed by atoms with Crippen LogP contribution < -0.4 is 11.5 Å². The number of quaternary nitrogens is 1. The summed E-state index contributed by atoms with van der Waals surface area (Å²) in [5.74, 6) is 2.03. The average Bonchev–Trinajstić information content (AvgIpc) is 3.10. The second-order valence-corrected chi connectivity index (χ2v) is 8.29. The first-order valence-electron chi connectivity index (χ1n) is 7.86. The Kier molecular flexibility index (Phi) is 5.21. The molecule has 0 aromatic carbocycles. The molecular formula is C14H24N6O3S+2. The van der Waals surface area contributed by atoms with E-state index in [1.165, 1.54) is 12.7 Å². The summed E-state index contributed by atoms with van der Waals surface area (Å²) in [5.41, 5.74) is 10.6. The van der Waals surface area contributed by atoms with Crippen LogP contribution in [0.1, 0.15) is 12.6 Å². The van der Waals surface area contributed by atoms with Crippen LogP contribution in [0.5, 0.6) is 0 Å². The molecule has 1 aliphatic rings. The smallest absolute Gasteiger partial charge is 0.167 e. The van der Waals surface area contributed by atoms with Gasteiger partial charge in [0.15, 0.2) is 17.7 Å². The number of anilines is 1. The summed E-state index contributed by atoms with van der Waals surface area (Å²) in [4.78, 5) is 12.2. The number of hydrogen-bond acceptors (Lipinski definition) is 7. The van der Waals surface area contributed by atoms with Gasteiger partial charge in [0.25, 0.3) is 0 Å². The molecule has 3 rings (SSSR count). The van der Waals surface area contributed by atoms with Crippen LogP contribution in [0.15, 0.2) is 12.7 Å². The van der Waals surface area contributed by atoms with Gasteiger partial charge in [-0.1, -0.05) is 0 Å². The van der Waals surface area contributed by atoms with Gasteiger partial charge in [0.1, 0.15) is 41.7 Å². The lowest BCUT2D eigenvalue weighted by molar-refractivity contribution is -0.367. The fraction of sp³-hybridized carbons (Fsp3) is 0.643. The Bertz CT molecular complexity index is 698. The molecule has 0 radical (unpaired) electrons. The Labute approximate surface area is 142 Å². The topological polar surface area (TPSA) is 147 Å². The molecule has 5 atom stereocenters. The van der Waals surface area contributed by atoms with Gasteiger partial charge >= 0.3 is 0 Å². The first-order chi connectivity index (χ1) is 11.5. The van der Waals surface area contributed by atoms with Crippen LogP contribution in [0.25, 0.3) is 11.2 Å². The monoisotopic (exact) mass is 356 g/mol. The number of nitrogens with zero attached hydrogens (tertiary/aromatic N) is 4. The van der Waals surface area contributed by atoms with E-state index in [2.05, 4.69) is 26.9 Å². The van der Waals surface area contributed by atoms with Gasteiger partial charge in [-0.05, 0) is 10.9 Å². The molecule has 7 N–H and O–H groups in total. The Hall–Kier alpha value is -1.46. The van der Waals surface area contributed by atoms with E-state index in [-0.39, 0.29) is 16.7 Å². The molecule has 0 saturated carbocycles. The second kappa shape index (κ2) is 7.19. The highest BCUT2D eigenvalue weighted by Crippen LogP contribution is 2.32. The molecule has 0 amide bonds. The standard InChI is InChI=1S/C14H23N6O3S/c1-24(4-2-3-15)5-8-10(21)11(22)14(23-8)20-7-19-9-12(16)17-6-18-13(9)20/h6-8,10-11,14,21-22H,2-5,15H2,1H3,(H2,16,17,18)/q+1/p+1/t8-,10-,11-,14-,24?/m1/s1. The quantitative estimate of drug-likeness (QED) is 0.434. The highest BCUT2D eigenvalue weighted by molar-refractivity contribution is 7.96. The molecule has 2 aromatic rings. The normalized spacial score (nSPS) is 28.5. The van der Waals surface area contributed by atoms with E-state index in [9.17, 15) is 10.2 Å². The Balaban J connectivity index is 1.78. The number of aliphatic hydroxyl groups is 2. The predicted molar refractivity (Wildman–Crippen MR) is 91.1 cm³/mol. The number of hydrogen-bond donors (Lipinski definition) is 4. The number of aromatic nitrogens is 4. The second-order valence-electron chi connectivity index (χ2n) is 5.99. The highest BCUT2D eigenvalue weighted by Gasteiger charge is 2.46. The van der Waals surface area contributed by atoms with Crippen molar-refractivity contribution in [1.82, 2.24) is 19.5 Å². The summed E-state index contributed by atoms with van der Waals surface area (Å²) in [6.45, 7) is 0.902. The van der Waals surface area contributed by atoms with E-state index < -0.39 is 24.5 Å². The van der Waals surface area contributed by atoms with Crippen LogP contribution in [-0.4, -0.2) is 72.4 Å². The third kappa shape index (κ3) is 3.20. The Morgan fingerprint density at radius 2 is 2.12 bits per heavy atom. The molecule has 1 fully saturated rings. The van der Waals surface area contributed by atoms with E-state index >= 15 is 0 Å². The van der Waals surface area contributed by atoms with Gasteiger partial charge in [0.05, 0.1) is 19.1 Å². The zero-order valence-electron chi connectivity index (χ0n) is 13.6. The minimum absolute atomic E-state index is 0.105. The summed E-state index contributed by atoms with van der Waals surface area (Å²) in [7, 11) is 0.105. The van der Waals surface area contributed by atoms with Crippen molar-refractivity contribution in [3.8, 4) is 0 Å². The molecule has 9 nitrogen and oxygen atoms in total. The fourth-order valence-corrected chi connectivity index (χ4v) is 4.57. The summed E-state index contributed by atoms with van der Waals surface area (Å²) in [6, 6.07) is 0. The van der Waals surface area contributed by atoms with Crippen LogP contribution in [-0.2, 0) is 15.6 Å². The molecule has 0 spiro atoms. The Morgan fingerprint density at radius 1 is 1.33 bits per heavy atom. The first kappa shape index (κ1) is 17.4. The van der Waals surface area contributed by atoms with Crippen molar-refractivity contribution >= 4 is 27.9 Å². The van der Waals surface area contributed by atoms with Gasteiger partial charge < -0.3 is 26.4 Å². The molecule has 10 heteroatoms. The van der Waals surface area contributed by atoms with E-state index in [4.69, 9.17) is 10.5 Å². The number of nitrogen functional groups attached to an aromatic ring is 1. The molecule has 1 saturated heterocycles. The van der Waals surface area contributed by atoms with Crippen LogP contribution >= 0.6 is 0 Å². The van der Waals surface area contributed by atoms with E-state index in [0.29, 0.717) is 16.9 Å². The van der Waals surface area contributed by atoms with Crippen molar-refractivity contribution in [3.05, 3.63) is 12.7 Å². The summed E-state index contributed by atoms with van der Waals surface area (Å²) >= 11 is 0. The lowest BCUT2D eigenvalue weighted by Crippen LogP contribution is -2.50. The molecule has 132 valence electrons. The van der Waals surface area contributed by atoms with Gasteiger partial charge in [0, 0.05) is 6.42 Å². The zero-order valence-corrected chi connectivity index (χ0v) is 14.4. The number of ether oxygens (including phenoxy) is 1. The van der Waals surface area contributed by atoms with Crippen LogP contribution in [0.4, 0.5) is 5.82 Å². The SMILES string of the molecule is C[S+](CCC[NH3+])C[C@H]1O[C@@H](n2cnc3c(N)ncnc32)[C@H](O)[C@@H]1O. The van der Waals surface area contributed by atoms with Crippen molar-refractivity contribution in [2.75, 3.05) is 30.0 Å². The minimum atomic E-state index is -1.05. The summed E-state index contributed by atoms with van der Waals surface area (Å²) < 4.78 is 7.54. The minimum Gasteiger partial charge on any atom is -0.387 e. The van der Waals surface area contributed by atoms with E-state index in [1.807, 2.05) is 0 Å². The van der Waals surface area contributed by atoms with Crippen LogP contribution in [0, 0.1) is 0 Å². The number of rotatable bonds is 6. The van der Waals surface area contributed by atoms with Crippen molar-refractivity contribution in [2.24, 2.45) is 0 Å². The molecule has 0 aliphatic carbocycles. The number of fused-ring (bicyclic) bond motifs is 1. The van der Waals surface area contributed by atoms with Gasteiger partial charge in [-0.15, -0.1) is 0 Å². The van der Waals surface area contributed by atoms with Crippen molar-refractivity contribution < 1.29 is 20.7 Å². The van der Waals surface area contributed by atoms with E-state index in [0.717, 1.165) is 18.7 Å². The van der Waals surface area contributed by atoms with Gasteiger partial charge in [-0.2, -0.15) is 0 Å². The van der Waals surface area contributed by atoms with Crippen LogP contribution in [0.2, 0.25) is 0 Å². The van der Waals surface area contributed by atoms with Gasteiger partial charge in [0.2, 0.25) is 0 Å². The Morgan fingerprint density at radius 3 is 2.88 bits per heavy atom. The predicted octanol–water partition coefficient (Wildman–Crippen LogP) is -2.09. The lowest BCUT2D eigenvalue weighted by Gasteiger charge is -2.16. The highest BCUT2D eigenvalue weighted by atomic mass is 32.2. The van der Waals surface area contributed by atoms with Crippen molar-refractivity contribution in [1.29, 1.82) is 0 Å². The zero-order chi connectivity index (χ0) is 17.3. The van der Waals surface area contributed by atoms with Crippen molar-refractivity contribution in [2.45, 2.75) is 31.0 Å². The molecule has 3 heterocycles. The first-order valence-corrected chi connectivity index (χ1v) is 9.83. The summed E-state index contributed by atoms with van der Waals surface area (Å²) in [5, 5.41) is 20.8. The average molecular weight is 356 g/mol. The third-order valence-electron chi connectivity index (χ3n) is 4.19. The molecule has 2 aromatic heterocycles. The van der Waals surface area contributed by atoms with Gasteiger partial charge in [-0.3, -0.25) is 4.57 Å². The van der Waals surface area contributed by atoms with Gasteiger partial charge in [-0.25, -0.2) is 15.0 Å². The fourth-order valence-electron chi connectivity index (χ4n) is 2.87. The number of imidazole rings is 1. The third-order valence-corrected chi connectivity index (χ3v) is 6.07. The number of nitrogens with two attached hydrogens (primary N) is 1. The maximum atomic E-state index is 10.4. The molecule has 0 bridgehead atoms. The van der Waals surface area contributed by atoms with Crippen LogP contribution in [0.3, 0.4) is 0 Å². The van der Waals surface area contributed by atoms with E-state index in [1.54, 1.807) is 4.57 Å². The molecule has 24 heavy (non-hydrogen) atoms.